The normalized spacial score (nSPS) is 11.1. The van der Waals surface area contributed by atoms with Crippen molar-refractivity contribution < 1.29 is 42.0 Å². The van der Waals surface area contributed by atoms with Gasteiger partial charge < -0.3 is 19.4 Å². The van der Waals surface area contributed by atoms with Gasteiger partial charge in [0.1, 0.15) is 13.2 Å². The van der Waals surface area contributed by atoms with Crippen molar-refractivity contribution >= 4 is 22.1 Å². The van der Waals surface area contributed by atoms with Crippen LogP contribution in [0.2, 0.25) is 0 Å². The molecular formula is C32H63NO8S. The maximum Gasteiger partial charge on any atom is 0.333 e. The largest absolute Gasteiger partial charge is 0.870 e. The van der Waals surface area contributed by atoms with Crippen LogP contribution in [-0.2, 0) is 29.2 Å². The van der Waals surface area contributed by atoms with Crippen molar-refractivity contribution in [2.45, 2.75) is 123 Å². The van der Waals surface area contributed by atoms with Crippen LogP contribution in [0.1, 0.15) is 123 Å². The molecule has 0 spiro atoms. The molecular weight excluding hydrogens is 558 g/mol. The van der Waals surface area contributed by atoms with Crippen molar-refractivity contribution in [2.75, 3.05) is 46.2 Å². The predicted octanol–water partition coefficient (Wildman–Crippen LogP) is 7.26. The summed E-state index contributed by atoms with van der Waals surface area (Å²) in [5, 5.41) is 0. The van der Waals surface area contributed by atoms with Gasteiger partial charge >= 0.3 is 11.9 Å². The Morgan fingerprint density at radius 1 is 0.738 bits per heavy atom. The van der Waals surface area contributed by atoms with E-state index in [1.807, 2.05) is 14.1 Å². The first-order valence-electron chi connectivity index (χ1n) is 15.7. The van der Waals surface area contributed by atoms with Gasteiger partial charge in [0.25, 0.3) is 10.1 Å². The van der Waals surface area contributed by atoms with Crippen LogP contribution in [0.4, 0.5) is 0 Å². The minimum absolute atomic E-state index is 0. The maximum absolute atomic E-state index is 11.1. The number of carbonyl (C=O) groups is 2. The Bertz CT molecular complexity index is 796. The molecule has 250 valence electrons. The third kappa shape index (κ3) is 36.3. The van der Waals surface area contributed by atoms with E-state index in [0.717, 1.165) is 6.42 Å². The number of hydrogen-bond donors (Lipinski definition) is 1. The zero-order valence-electron chi connectivity index (χ0n) is 27.2. The van der Waals surface area contributed by atoms with Crippen LogP contribution in [0.3, 0.4) is 0 Å². The van der Waals surface area contributed by atoms with Crippen molar-refractivity contribution in [3.63, 3.8) is 0 Å². The lowest BCUT2D eigenvalue weighted by molar-refractivity contribution is -0.890. The minimum atomic E-state index is -3.90. The summed E-state index contributed by atoms with van der Waals surface area (Å²) in [4.78, 5) is 22.0. The van der Waals surface area contributed by atoms with Crippen LogP contribution in [0.15, 0.2) is 24.8 Å². The second-order valence-corrected chi connectivity index (χ2v) is 13.2. The first-order chi connectivity index (χ1) is 19.3. The molecule has 0 aliphatic carbocycles. The molecule has 0 aromatic carbocycles. The Hall–Kier alpha value is -1.75. The highest BCUT2D eigenvalue weighted by molar-refractivity contribution is 7.85. The quantitative estimate of drug-likeness (QED) is 0.0350. The Kier molecular flexibility index (Phi) is 31.2. The number of hydrogen-bond acceptors (Lipinski definition) is 7. The molecule has 0 bridgehead atoms. The molecule has 0 aliphatic rings. The summed E-state index contributed by atoms with van der Waals surface area (Å²) < 4.78 is 40.2. The summed E-state index contributed by atoms with van der Waals surface area (Å²) in [6.45, 7) is 12.7. The van der Waals surface area contributed by atoms with E-state index in [1.165, 1.54) is 102 Å². The lowest BCUT2D eigenvalue weighted by Crippen LogP contribution is -2.43. The molecule has 9 nitrogen and oxygen atoms in total. The van der Waals surface area contributed by atoms with Crippen LogP contribution < -0.4 is 0 Å². The Labute approximate surface area is 257 Å². The Morgan fingerprint density at radius 2 is 1.17 bits per heavy atom. The van der Waals surface area contributed by atoms with Gasteiger partial charge in [-0.3, -0.25) is 4.55 Å². The fourth-order valence-electron chi connectivity index (χ4n) is 4.18. The van der Waals surface area contributed by atoms with Gasteiger partial charge in [-0.05, 0) is 13.3 Å². The van der Waals surface area contributed by atoms with E-state index in [9.17, 15) is 18.0 Å². The molecule has 0 fully saturated rings. The highest BCUT2D eigenvalue weighted by Crippen LogP contribution is 2.13. The zero-order valence-corrected chi connectivity index (χ0v) is 28.1. The van der Waals surface area contributed by atoms with Gasteiger partial charge in [-0.25, -0.2) is 9.59 Å². The topological polar surface area (TPSA) is 137 Å². The van der Waals surface area contributed by atoms with Gasteiger partial charge in [-0.1, -0.05) is 116 Å². The fraction of sp³-hybridized carbons (Fsp3) is 0.812. The summed E-state index contributed by atoms with van der Waals surface area (Å²) in [6.07, 6.45) is 23.3. The van der Waals surface area contributed by atoms with Crippen LogP contribution in [0, 0.1) is 0 Å². The summed E-state index contributed by atoms with van der Waals surface area (Å²) in [5.41, 5.74) is 0.353. The van der Waals surface area contributed by atoms with E-state index in [0.29, 0.717) is 36.2 Å². The summed E-state index contributed by atoms with van der Waals surface area (Å²) >= 11 is 0. The van der Waals surface area contributed by atoms with Crippen molar-refractivity contribution in [3.8, 4) is 0 Å². The lowest BCUT2D eigenvalue weighted by atomic mass is 10.0. The third-order valence-corrected chi connectivity index (χ3v) is 7.66. The number of quaternary nitrogens is 1. The first-order valence-corrected chi connectivity index (χ1v) is 17.3. The summed E-state index contributed by atoms with van der Waals surface area (Å²) in [6, 6.07) is 0. The smallest absolute Gasteiger partial charge is 0.333 e. The van der Waals surface area contributed by atoms with Gasteiger partial charge in [0, 0.05) is 18.1 Å². The van der Waals surface area contributed by atoms with Crippen molar-refractivity contribution in [3.05, 3.63) is 24.8 Å². The number of likely N-dealkylation sites (N-methyl/N-ethyl adjacent to an activating group) is 1. The Morgan fingerprint density at radius 3 is 1.55 bits per heavy atom. The van der Waals surface area contributed by atoms with Gasteiger partial charge in [0.15, 0.2) is 0 Å². The lowest BCUT2D eigenvalue weighted by Gasteiger charge is -2.29. The molecule has 0 atom stereocenters. The van der Waals surface area contributed by atoms with Crippen LogP contribution in [0.5, 0.6) is 0 Å². The number of carbonyl (C=O) groups excluding carboxylic acids is 2. The van der Waals surface area contributed by atoms with Crippen LogP contribution in [0.25, 0.3) is 0 Å². The molecule has 0 unspecified atom stereocenters. The zero-order chi connectivity index (χ0) is 31.4. The van der Waals surface area contributed by atoms with E-state index < -0.39 is 16.1 Å². The van der Waals surface area contributed by atoms with Crippen molar-refractivity contribution in [2.24, 2.45) is 0 Å². The van der Waals surface area contributed by atoms with Crippen molar-refractivity contribution in [1.82, 2.24) is 0 Å². The van der Waals surface area contributed by atoms with E-state index in [-0.39, 0.29) is 23.8 Å². The molecule has 2 N–H and O–H groups in total. The SMILES string of the molecule is C=C(C)C(=O)OCC[N+](C)(C)CCCS(=O)(=O)O.C=CC(=O)OCCCCCCCCCCCCCCCCCC.[OH-]. The second-order valence-electron chi connectivity index (χ2n) is 11.6. The van der Waals surface area contributed by atoms with Crippen molar-refractivity contribution in [1.29, 1.82) is 0 Å². The maximum atomic E-state index is 11.1. The average molecular weight is 622 g/mol. The van der Waals surface area contributed by atoms with Gasteiger partial charge in [-0.2, -0.15) is 8.42 Å². The third-order valence-electron chi connectivity index (χ3n) is 6.85. The van der Waals surface area contributed by atoms with E-state index in [1.54, 1.807) is 6.92 Å². The number of esters is 2. The predicted molar refractivity (Wildman–Crippen MR) is 171 cm³/mol. The molecule has 0 aromatic heterocycles. The number of unbranched alkanes of at least 4 members (excludes halogenated alkanes) is 15. The van der Waals surface area contributed by atoms with E-state index in [2.05, 4.69) is 20.1 Å². The molecule has 0 amide bonds. The molecule has 0 aliphatic heterocycles. The highest BCUT2D eigenvalue weighted by atomic mass is 32.2. The van der Waals surface area contributed by atoms with E-state index >= 15 is 0 Å². The first kappa shape index (κ1) is 44.7. The minimum Gasteiger partial charge on any atom is -0.870 e. The number of nitrogens with zero attached hydrogens (tertiary/aromatic N) is 1. The molecule has 0 saturated heterocycles. The second kappa shape index (κ2) is 29.3. The van der Waals surface area contributed by atoms with E-state index in [4.69, 9.17) is 14.0 Å². The monoisotopic (exact) mass is 621 g/mol. The molecule has 0 radical (unpaired) electrons. The molecule has 42 heavy (non-hydrogen) atoms. The number of ether oxygens (including phenoxy) is 2. The van der Waals surface area contributed by atoms with Gasteiger partial charge in [0.05, 0.1) is 33.0 Å². The average Bonchev–Trinajstić information content (AvgIpc) is 2.89. The standard InChI is InChI=1S/C21H40O2.C11H21NO5S.H2O/c1-3-5-6-7-8-9-10-11-12-13-14-15-16-17-18-19-20-23-21(22)4-2;1-10(2)11(13)17-8-7-12(3,4)6-5-9-18(14,15)16;/h4H,2-3,5-20H2,1H3;1,5-9H2,2-4H3;1H2. The molecule has 0 aromatic rings. The summed E-state index contributed by atoms with van der Waals surface area (Å²) in [7, 11) is -0.0959. The summed E-state index contributed by atoms with van der Waals surface area (Å²) in [5.74, 6) is -0.973. The highest BCUT2D eigenvalue weighted by Gasteiger charge is 2.17. The van der Waals surface area contributed by atoms with Gasteiger partial charge in [-0.15, -0.1) is 0 Å². The van der Waals surface area contributed by atoms with Gasteiger partial charge in [0.2, 0.25) is 0 Å². The van der Waals surface area contributed by atoms with Crippen LogP contribution in [-0.4, -0.2) is 81.0 Å². The molecule has 10 heteroatoms. The fourth-order valence-corrected chi connectivity index (χ4v) is 4.67. The Balaban J connectivity index is -0.000000728. The molecule has 0 heterocycles. The molecule has 0 rings (SSSR count). The van der Waals surface area contributed by atoms with Crippen LogP contribution >= 0.6 is 0 Å². The number of rotatable bonds is 26. The molecule has 0 saturated carbocycles.